The molecule has 2 heterocycles. The molecule has 112 valence electrons. The first-order valence-electron chi connectivity index (χ1n) is 7.76. The molecule has 0 saturated carbocycles. The van der Waals surface area contributed by atoms with Gasteiger partial charge in [-0.1, -0.05) is 35.0 Å². The highest BCUT2D eigenvalue weighted by Gasteiger charge is 2.22. The Morgan fingerprint density at radius 2 is 2.29 bits per heavy atom. The van der Waals surface area contributed by atoms with Crippen molar-refractivity contribution >= 4 is 26.8 Å². The van der Waals surface area contributed by atoms with Gasteiger partial charge in [0, 0.05) is 35.2 Å². The van der Waals surface area contributed by atoms with Gasteiger partial charge in [-0.15, -0.1) is 0 Å². The number of benzene rings is 1. The number of nitrogens with one attached hydrogen (secondary N) is 1. The van der Waals surface area contributed by atoms with Crippen molar-refractivity contribution in [2.24, 2.45) is 0 Å². The van der Waals surface area contributed by atoms with Gasteiger partial charge in [0.1, 0.15) is 0 Å². The maximum absolute atomic E-state index is 4.54. The summed E-state index contributed by atoms with van der Waals surface area (Å²) in [5, 5.41) is 4.81. The molecule has 1 aliphatic heterocycles. The Kier molecular flexibility index (Phi) is 4.88. The van der Waals surface area contributed by atoms with Crippen LogP contribution in [0.2, 0.25) is 0 Å². The summed E-state index contributed by atoms with van der Waals surface area (Å²) in [6.07, 6.45) is 4.52. The average molecular weight is 348 g/mol. The van der Waals surface area contributed by atoms with Crippen molar-refractivity contribution in [3.8, 4) is 0 Å². The lowest BCUT2D eigenvalue weighted by Gasteiger charge is -2.23. The van der Waals surface area contributed by atoms with Gasteiger partial charge < -0.3 is 5.32 Å². The maximum Gasteiger partial charge on any atom is 0.0758 e. The van der Waals surface area contributed by atoms with E-state index in [9.17, 15) is 0 Å². The van der Waals surface area contributed by atoms with Crippen LogP contribution >= 0.6 is 15.9 Å². The number of halogens is 1. The number of aromatic nitrogens is 1. The van der Waals surface area contributed by atoms with E-state index in [0.717, 1.165) is 29.6 Å². The van der Waals surface area contributed by atoms with Gasteiger partial charge in [-0.3, -0.25) is 9.88 Å². The fourth-order valence-electron chi connectivity index (χ4n) is 3.26. The number of fused-ring (bicyclic) bond motifs is 1. The molecule has 3 rings (SSSR count). The third kappa shape index (κ3) is 3.28. The first-order valence-corrected chi connectivity index (χ1v) is 8.55. The molecule has 2 aromatic rings. The monoisotopic (exact) mass is 347 g/mol. The van der Waals surface area contributed by atoms with Crippen molar-refractivity contribution in [3.63, 3.8) is 0 Å². The van der Waals surface area contributed by atoms with Crippen LogP contribution < -0.4 is 5.32 Å². The summed E-state index contributed by atoms with van der Waals surface area (Å²) in [6.45, 7) is 6.62. The Labute approximate surface area is 134 Å². The summed E-state index contributed by atoms with van der Waals surface area (Å²) in [6, 6.07) is 9.09. The van der Waals surface area contributed by atoms with Crippen LogP contribution in [0.15, 0.2) is 34.9 Å². The predicted octanol–water partition coefficient (Wildman–Crippen LogP) is 3.57. The lowest BCUT2D eigenvalue weighted by Crippen LogP contribution is -2.37. The fourth-order valence-corrected chi connectivity index (χ4v) is 3.71. The van der Waals surface area contributed by atoms with Crippen LogP contribution in [0, 0.1) is 0 Å². The molecule has 0 amide bonds. The highest BCUT2D eigenvalue weighted by molar-refractivity contribution is 9.10. The average Bonchev–Trinajstić information content (AvgIpc) is 2.97. The molecule has 1 aliphatic rings. The van der Waals surface area contributed by atoms with Crippen molar-refractivity contribution in [2.45, 2.75) is 32.4 Å². The Morgan fingerprint density at radius 1 is 1.38 bits per heavy atom. The van der Waals surface area contributed by atoms with Crippen molar-refractivity contribution in [3.05, 3.63) is 40.5 Å². The summed E-state index contributed by atoms with van der Waals surface area (Å²) >= 11 is 3.60. The normalized spacial score (nSPS) is 19.4. The maximum atomic E-state index is 4.54. The Morgan fingerprint density at radius 3 is 3.14 bits per heavy atom. The zero-order chi connectivity index (χ0) is 14.7. The van der Waals surface area contributed by atoms with Crippen LogP contribution in [0.25, 0.3) is 10.9 Å². The second kappa shape index (κ2) is 6.86. The molecule has 1 aromatic heterocycles. The Hall–Kier alpha value is -0.970. The van der Waals surface area contributed by atoms with Gasteiger partial charge >= 0.3 is 0 Å². The van der Waals surface area contributed by atoms with Crippen LogP contribution in [0.3, 0.4) is 0 Å². The molecular weight excluding hydrogens is 326 g/mol. The van der Waals surface area contributed by atoms with Gasteiger partial charge in [0.05, 0.1) is 5.52 Å². The van der Waals surface area contributed by atoms with Crippen molar-refractivity contribution in [1.29, 1.82) is 0 Å². The molecular formula is C17H22BrN3. The molecule has 1 aromatic carbocycles. The molecule has 1 unspecified atom stereocenters. The number of hydrogen-bond acceptors (Lipinski definition) is 3. The Bertz CT molecular complexity index is 614. The lowest BCUT2D eigenvalue weighted by molar-refractivity contribution is 0.260. The highest BCUT2D eigenvalue weighted by atomic mass is 79.9. The van der Waals surface area contributed by atoms with E-state index in [0.29, 0.717) is 6.04 Å². The van der Waals surface area contributed by atoms with E-state index in [1.807, 2.05) is 12.3 Å². The summed E-state index contributed by atoms with van der Waals surface area (Å²) in [7, 11) is 0. The van der Waals surface area contributed by atoms with Crippen LogP contribution in [0.5, 0.6) is 0 Å². The van der Waals surface area contributed by atoms with Gasteiger partial charge in [-0.2, -0.15) is 0 Å². The third-order valence-corrected chi connectivity index (χ3v) is 5.09. The minimum Gasteiger partial charge on any atom is -0.311 e. The smallest absolute Gasteiger partial charge is 0.0758 e. The summed E-state index contributed by atoms with van der Waals surface area (Å²) < 4.78 is 1.11. The van der Waals surface area contributed by atoms with Gasteiger partial charge in [0.15, 0.2) is 0 Å². The lowest BCUT2D eigenvalue weighted by atomic mass is 10.1. The van der Waals surface area contributed by atoms with Crippen LogP contribution in [-0.4, -0.2) is 35.6 Å². The third-order valence-electron chi connectivity index (χ3n) is 4.40. The molecule has 1 atom stereocenters. The number of hydrogen-bond donors (Lipinski definition) is 1. The molecule has 3 nitrogen and oxygen atoms in total. The number of likely N-dealkylation sites (N-methyl/N-ethyl adjacent to an activating group) is 1. The van der Waals surface area contributed by atoms with E-state index in [1.165, 1.54) is 30.3 Å². The predicted molar refractivity (Wildman–Crippen MR) is 91.4 cm³/mol. The molecule has 1 N–H and O–H groups in total. The number of pyridine rings is 1. The molecule has 0 radical (unpaired) electrons. The van der Waals surface area contributed by atoms with Gasteiger partial charge in [-0.25, -0.2) is 0 Å². The standard InChI is InChI=1S/C17H22BrN3/c1-2-21-10-4-5-14(21)12-19-11-13-7-8-16(18)15-6-3-9-20-17(13)15/h3,6-9,14,19H,2,4-5,10-12H2,1H3. The van der Waals surface area contributed by atoms with Gasteiger partial charge in [0.25, 0.3) is 0 Å². The van der Waals surface area contributed by atoms with Crippen LogP contribution in [0.4, 0.5) is 0 Å². The second-order valence-electron chi connectivity index (χ2n) is 5.66. The van der Waals surface area contributed by atoms with Crippen LogP contribution in [0.1, 0.15) is 25.3 Å². The largest absolute Gasteiger partial charge is 0.311 e. The minimum atomic E-state index is 0.699. The number of likely N-dealkylation sites (tertiary alicyclic amines) is 1. The zero-order valence-electron chi connectivity index (χ0n) is 12.5. The van der Waals surface area contributed by atoms with E-state index >= 15 is 0 Å². The molecule has 0 bridgehead atoms. The highest BCUT2D eigenvalue weighted by Crippen LogP contribution is 2.25. The van der Waals surface area contributed by atoms with Gasteiger partial charge in [-0.05, 0) is 43.6 Å². The number of rotatable bonds is 5. The quantitative estimate of drug-likeness (QED) is 0.895. The summed E-state index contributed by atoms with van der Waals surface area (Å²) in [5.74, 6) is 0. The molecule has 21 heavy (non-hydrogen) atoms. The molecule has 0 aliphatic carbocycles. The molecule has 1 fully saturated rings. The number of nitrogens with zero attached hydrogens (tertiary/aromatic N) is 2. The second-order valence-corrected chi connectivity index (χ2v) is 6.52. The fraction of sp³-hybridized carbons (Fsp3) is 0.471. The van der Waals surface area contributed by atoms with E-state index in [-0.39, 0.29) is 0 Å². The van der Waals surface area contributed by atoms with E-state index in [4.69, 9.17) is 0 Å². The van der Waals surface area contributed by atoms with Crippen molar-refractivity contribution in [1.82, 2.24) is 15.2 Å². The molecule has 0 spiro atoms. The topological polar surface area (TPSA) is 28.2 Å². The van der Waals surface area contributed by atoms with Crippen molar-refractivity contribution in [2.75, 3.05) is 19.6 Å². The summed E-state index contributed by atoms with van der Waals surface area (Å²) in [5.41, 5.74) is 2.37. The van der Waals surface area contributed by atoms with E-state index < -0.39 is 0 Å². The van der Waals surface area contributed by atoms with E-state index in [2.05, 4.69) is 56.3 Å². The first kappa shape index (κ1) is 14.9. The van der Waals surface area contributed by atoms with E-state index in [1.54, 1.807) is 0 Å². The van der Waals surface area contributed by atoms with Gasteiger partial charge in [0.2, 0.25) is 0 Å². The zero-order valence-corrected chi connectivity index (χ0v) is 14.1. The molecule has 4 heteroatoms. The summed E-state index contributed by atoms with van der Waals surface area (Å²) in [4.78, 5) is 7.12. The SMILES string of the molecule is CCN1CCCC1CNCc1ccc(Br)c2cccnc12. The van der Waals surface area contributed by atoms with Crippen molar-refractivity contribution < 1.29 is 0 Å². The first-order chi connectivity index (χ1) is 10.3. The minimum absolute atomic E-state index is 0.699. The van der Waals surface area contributed by atoms with Crippen LogP contribution in [-0.2, 0) is 6.54 Å². The Balaban J connectivity index is 1.67. The molecule has 1 saturated heterocycles.